The average Bonchev–Trinajstić information content (AvgIpc) is 2.84. The van der Waals surface area contributed by atoms with Crippen LogP contribution in [0.4, 0.5) is 5.82 Å². The fraction of sp³-hybridized carbons (Fsp3) is 0.200. The summed E-state index contributed by atoms with van der Waals surface area (Å²) < 4.78 is 28.9. The molecule has 8 nitrogen and oxygen atoms in total. The molecule has 0 aliphatic heterocycles. The summed E-state index contributed by atoms with van der Waals surface area (Å²) in [5.74, 6) is -0.0767. The lowest BCUT2D eigenvalue weighted by Gasteiger charge is -2.01. The lowest BCUT2D eigenvalue weighted by Crippen LogP contribution is -2.17. The minimum absolute atomic E-state index is 0.117. The van der Waals surface area contributed by atoms with Gasteiger partial charge in [0.05, 0.1) is 5.56 Å². The molecule has 0 saturated heterocycles. The Balaban J connectivity index is 2.32. The molecule has 2 aromatic rings. The van der Waals surface area contributed by atoms with Gasteiger partial charge in [-0.15, -0.1) is 0 Å². The Kier molecular flexibility index (Phi) is 3.16. The van der Waals surface area contributed by atoms with E-state index in [2.05, 4.69) is 10.4 Å². The number of hydrogen-bond donors (Lipinski definition) is 2. The number of carbonyl (C=O) groups excluding carboxylic acids is 1. The van der Waals surface area contributed by atoms with Gasteiger partial charge in [-0.3, -0.25) is 9.48 Å². The van der Waals surface area contributed by atoms with Crippen molar-refractivity contribution in [1.29, 1.82) is 0 Å². The summed E-state index contributed by atoms with van der Waals surface area (Å²) in [4.78, 5) is 11.6. The van der Waals surface area contributed by atoms with Crippen molar-refractivity contribution in [2.45, 2.75) is 11.8 Å². The molecule has 2 heterocycles. The molecule has 9 heteroatoms. The monoisotopic (exact) mass is 284 g/mol. The third-order valence-corrected chi connectivity index (χ3v) is 3.24. The van der Waals surface area contributed by atoms with E-state index >= 15 is 0 Å². The molecule has 0 aliphatic carbocycles. The summed E-state index contributed by atoms with van der Waals surface area (Å²) in [5.41, 5.74) is 0.267. The second kappa shape index (κ2) is 4.52. The fourth-order valence-electron chi connectivity index (χ4n) is 1.50. The standard InChI is InChI=1S/C10H12N4O4S/c1-6-3-7(5-18-6)10(15)12-9-8(19(11,16)17)4-14(2)13-9/h3-5H,1-2H3,(H2,11,16,17)(H,12,13,15). The van der Waals surface area contributed by atoms with Gasteiger partial charge in [0.2, 0.25) is 10.0 Å². The summed E-state index contributed by atoms with van der Waals surface area (Å²) in [6.45, 7) is 1.69. The Morgan fingerprint density at radius 1 is 1.53 bits per heavy atom. The van der Waals surface area contributed by atoms with Crippen LogP contribution in [0, 0.1) is 6.92 Å². The van der Waals surface area contributed by atoms with E-state index in [1.807, 2.05) is 0 Å². The molecule has 19 heavy (non-hydrogen) atoms. The largest absolute Gasteiger partial charge is 0.469 e. The molecule has 3 N–H and O–H groups in total. The maximum Gasteiger partial charge on any atom is 0.260 e. The number of hydrogen-bond acceptors (Lipinski definition) is 5. The highest BCUT2D eigenvalue weighted by Gasteiger charge is 2.20. The van der Waals surface area contributed by atoms with Crippen LogP contribution in [-0.4, -0.2) is 24.1 Å². The SMILES string of the molecule is Cc1cc(C(=O)Nc2nn(C)cc2S(N)(=O)=O)co1. The first-order chi connectivity index (χ1) is 8.77. The van der Waals surface area contributed by atoms with Crippen molar-refractivity contribution in [3.8, 4) is 0 Å². The van der Waals surface area contributed by atoms with E-state index in [1.54, 1.807) is 6.92 Å². The molecule has 0 aliphatic rings. The highest BCUT2D eigenvalue weighted by molar-refractivity contribution is 7.89. The van der Waals surface area contributed by atoms with Crippen molar-refractivity contribution >= 4 is 21.7 Å². The van der Waals surface area contributed by atoms with E-state index in [0.717, 1.165) is 0 Å². The first-order valence-electron chi connectivity index (χ1n) is 5.20. The Morgan fingerprint density at radius 2 is 2.21 bits per heavy atom. The number of aromatic nitrogens is 2. The molecule has 2 rings (SSSR count). The minimum Gasteiger partial charge on any atom is -0.469 e. The lowest BCUT2D eigenvalue weighted by molar-refractivity contribution is 0.102. The zero-order valence-electron chi connectivity index (χ0n) is 10.2. The van der Waals surface area contributed by atoms with E-state index in [1.165, 1.54) is 30.3 Å². The number of sulfonamides is 1. The molecule has 0 fully saturated rings. The van der Waals surface area contributed by atoms with E-state index in [-0.39, 0.29) is 16.3 Å². The maximum absolute atomic E-state index is 11.9. The third kappa shape index (κ3) is 2.83. The van der Waals surface area contributed by atoms with Gasteiger partial charge in [0, 0.05) is 13.2 Å². The van der Waals surface area contributed by atoms with Crippen molar-refractivity contribution in [1.82, 2.24) is 9.78 Å². The normalized spacial score (nSPS) is 11.5. The molecule has 0 unspecified atom stereocenters. The molecule has 0 saturated carbocycles. The molecule has 1 amide bonds. The summed E-state index contributed by atoms with van der Waals surface area (Å²) >= 11 is 0. The lowest BCUT2D eigenvalue weighted by atomic mass is 10.3. The van der Waals surface area contributed by atoms with Gasteiger partial charge in [0.1, 0.15) is 16.9 Å². The Bertz CT molecular complexity index is 729. The molecule has 102 valence electrons. The second-order valence-corrected chi connectivity index (χ2v) is 5.49. The topological polar surface area (TPSA) is 120 Å². The zero-order chi connectivity index (χ0) is 14.2. The maximum atomic E-state index is 11.9. The van der Waals surface area contributed by atoms with E-state index in [9.17, 15) is 13.2 Å². The van der Waals surface area contributed by atoms with E-state index in [0.29, 0.717) is 5.76 Å². The number of anilines is 1. The van der Waals surface area contributed by atoms with Crippen LogP contribution in [-0.2, 0) is 17.1 Å². The Hall–Kier alpha value is -2.13. The molecule has 0 atom stereocenters. The Labute approximate surface area is 109 Å². The molecular weight excluding hydrogens is 272 g/mol. The summed E-state index contributed by atoms with van der Waals surface area (Å²) in [5, 5.41) is 11.3. The van der Waals surface area contributed by atoms with Crippen molar-refractivity contribution in [3.05, 3.63) is 29.9 Å². The fourth-order valence-corrected chi connectivity index (χ4v) is 2.16. The van der Waals surface area contributed by atoms with Gasteiger partial charge < -0.3 is 9.73 Å². The quantitative estimate of drug-likeness (QED) is 0.835. The van der Waals surface area contributed by atoms with Crippen LogP contribution in [0.3, 0.4) is 0 Å². The molecule has 0 aromatic carbocycles. The van der Waals surface area contributed by atoms with Crippen molar-refractivity contribution in [2.24, 2.45) is 12.2 Å². The second-order valence-electron chi connectivity index (χ2n) is 3.96. The number of nitrogens with zero attached hydrogens (tertiary/aromatic N) is 2. The summed E-state index contributed by atoms with van der Waals surface area (Å²) in [7, 11) is -2.44. The van der Waals surface area contributed by atoms with Gasteiger partial charge in [-0.05, 0) is 13.0 Å². The third-order valence-electron chi connectivity index (χ3n) is 2.33. The highest BCUT2D eigenvalue weighted by Crippen LogP contribution is 2.18. The number of furan rings is 1. The number of amides is 1. The summed E-state index contributed by atoms with van der Waals surface area (Å²) in [6, 6.07) is 1.52. The van der Waals surface area contributed by atoms with Gasteiger partial charge in [-0.1, -0.05) is 0 Å². The van der Waals surface area contributed by atoms with Gasteiger partial charge in [-0.25, -0.2) is 13.6 Å². The van der Waals surface area contributed by atoms with Crippen LogP contribution in [0.15, 0.2) is 27.8 Å². The zero-order valence-corrected chi connectivity index (χ0v) is 11.1. The van der Waals surface area contributed by atoms with Crippen LogP contribution in [0.2, 0.25) is 0 Å². The minimum atomic E-state index is -3.96. The number of carbonyl (C=O) groups is 1. The number of rotatable bonds is 3. The number of primary sulfonamides is 1. The van der Waals surface area contributed by atoms with E-state index < -0.39 is 15.9 Å². The first-order valence-corrected chi connectivity index (χ1v) is 6.75. The molecule has 0 spiro atoms. The van der Waals surface area contributed by atoms with Crippen molar-refractivity contribution < 1.29 is 17.6 Å². The van der Waals surface area contributed by atoms with Crippen molar-refractivity contribution in [2.75, 3.05) is 5.32 Å². The Morgan fingerprint density at radius 3 is 2.74 bits per heavy atom. The molecular formula is C10H12N4O4S. The van der Waals surface area contributed by atoms with Gasteiger partial charge >= 0.3 is 0 Å². The highest BCUT2D eigenvalue weighted by atomic mass is 32.2. The van der Waals surface area contributed by atoms with Gasteiger partial charge in [0.15, 0.2) is 5.82 Å². The van der Waals surface area contributed by atoms with Crippen LogP contribution in [0.5, 0.6) is 0 Å². The first kappa shape index (κ1) is 13.3. The average molecular weight is 284 g/mol. The van der Waals surface area contributed by atoms with Crippen LogP contribution in [0.25, 0.3) is 0 Å². The summed E-state index contributed by atoms with van der Waals surface area (Å²) in [6.07, 6.45) is 2.48. The van der Waals surface area contributed by atoms with Crippen LogP contribution >= 0.6 is 0 Å². The van der Waals surface area contributed by atoms with Gasteiger partial charge in [0.25, 0.3) is 5.91 Å². The van der Waals surface area contributed by atoms with E-state index in [4.69, 9.17) is 9.56 Å². The van der Waals surface area contributed by atoms with Crippen LogP contribution < -0.4 is 10.5 Å². The predicted octanol–water partition coefficient (Wildman–Crippen LogP) is 0.221. The number of nitrogens with one attached hydrogen (secondary N) is 1. The molecule has 0 radical (unpaired) electrons. The van der Waals surface area contributed by atoms with Crippen molar-refractivity contribution in [3.63, 3.8) is 0 Å². The number of aryl methyl sites for hydroxylation is 2. The predicted molar refractivity (Wildman–Crippen MR) is 66.0 cm³/mol. The number of nitrogens with two attached hydrogens (primary N) is 1. The molecule has 2 aromatic heterocycles. The molecule has 0 bridgehead atoms. The van der Waals surface area contributed by atoms with Crippen LogP contribution in [0.1, 0.15) is 16.1 Å². The van der Waals surface area contributed by atoms with Gasteiger partial charge in [-0.2, -0.15) is 5.10 Å². The smallest absolute Gasteiger partial charge is 0.260 e.